The summed E-state index contributed by atoms with van der Waals surface area (Å²) in [6.07, 6.45) is 0.778. The molecule has 0 amide bonds. The number of aryl methyl sites for hydroxylation is 2. The number of esters is 1. The molecule has 17 heavy (non-hydrogen) atoms. The van der Waals surface area contributed by atoms with Gasteiger partial charge in [0.05, 0.1) is 13.7 Å². The molecule has 0 aromatic carbocycles. The van der Waals surface area contributed by atoms with E-state index < -0.39 is 12.0 Å². The number of carbonyl (C=O) groups is 1. The molecule has 0 bridgehead atoms. The van der Waals surface area contributed by atoms with Gasteiger partial charge in [-0.05, 0) is 13.3 Å². The third-order valence-corrected chi connectivity index (χ3v) is 2.24. The molecule has 0 aliphatic rings. The van der Waals surface area contributed by atoms with Crippen molar-refractivity contribution in [3.05, 3.63) is 17.6 Å². The molecule has 0 spiro atoms. The van der Waals surface area contributed by atoms with E-state index in [4.69, 9.17) is 5.11 Å². The molecule has 94 valence electrons. The highest BCUT2D eigenvalue weighted by atomic mass is 16.5. The van der Waals surface area contributed by atoms with Gasteiger partial charge >= 0.3 is 5.97 Å². The Morgan fingerprint density at radius 1 is 1.59 bits per heavy atom. The largest absolute Gasteiger partial charge is 0.467 e. The van der Waals surface area contributed by atoms with Crippen molar-refractivity contribution in [3.63, 3.8) is 0 Å². The molecule has 0 saturated heterocycles. The van der Waals surface area contributed by atoms with Crippen LogP contribution in [0, 0.1) is 6.92 Å². The summed E-state index contributed by atoms with van der Waals surface area (Å²) in [6, 6.07) is 0.942. The number of methoxy groups -OCH3 is 1. The highest BCUT2D eigenvalue weighted by molar-refractivity contribution is 5.78. The molecule has 6 heteroatoms. The summed E-state index contributed by atoms with van der Waals surface area (Å²) < 4.78 is 4.56. The highest BCUT2D eigenvalue weighted by Crippen LogP contribution is 2.09. The van der Waals surface area contributed by atoms with E-state index in [2.05, 4.69) is 20.0 Å². The second-order valence-corrected chi connectivity index (χ2v) is 3.55. The quantitative estimate of drug-likeness (QED) is 0.719. The van der Waals surface area contributed by atoms with Crippen LogP contribution in [0.1, 0.15) is 18.4 Å². The van der Waals surface area contributed by atoms with Crippen LogP contribution < -0.4 is 5.32 Å². The number of nitrogens with zero attached hydrogens (tertiary/aromatic N) is 2. The Labute approximate surface area is 100 Å². The van der Waals surface area contributed by atoms with Crippen molar-refractivity contribution in [2.75, 3.05) is 19.0 Å². The summed E-state index contributed by atoms with van der Waals surface area (Å²) in [5.41, 5.74) is 0.876. The Balaban J connectivity index is 2.85. The molecule has 1 aromatic rings. The number of carbonyl (C=O) groups excluding carboxylic acids is 1. The van der Waals surface area contributed by atoms with Crippen LogP contribution in [-0.2, 0) is 16.0 Å². The molecule has 1 aromatic heterocycles. The van der Waals surface area contributed by atoms with Gasteiger partial charge in [-0.25, -0.2) is 14.8 Å². The minimum Gasteiger partial charge on any atom is -0.467 e. The number of aromatic nitrogens is 2. The van der Waals surface area contributed by atoms with E-state index >= 15 is 0 Å². The van der Waals surface area contributed by atoms with E-state index in [9.17, 15) is 4.79 Å². The van der Waals surface area contributed by atoms with Crippen molar-refractivity contribution in [1.82, 2.24) is 9.97 Å². The Morgan fingerprint density at radius 2 is 2.29 bits per heavy atom. The maximum atomic E-state index is 11.3. The summed E-state index contributed by atoms with van der Waals surface area (Å²) in [4.78, 5) is 19.7. The van der Waals surface area contributed by atoms with E-state index in [1.807, 2.05) is 6.92 Å². The predicted molar refractivity (Wildman–Crippen MR) is 62.7 cm³/mol. The van der Waals surface area contributed by atoms with Crippen molar-refractivity contribution in [2.45, 2.75) is 26.3 Å². The highest BCUT2D eigenvalue weighted by Gasteiger charge is 2.18. The number of anilines is 1. The van der Waals surface area contributed by atoms with E-state index in [-0.39, 0.29) is 6.61 Å². The van der Waals surface area contributed by atoms with Crippen LogP contribution >= 0.6 is 0 Å². The van der Waals surface area contributed by atoms with Crippen LogP contribution in [0.2, 0.25) is 0 Å². The molecule has 0 aliphatic carbocycles. The van der Waals surface area contributed by atoms with Gasteiger partial charge in [0.15, 0.2) is 0 Å². The summed E-state index contributed by atoms with van der Waals surface area (Å²) in [5.74, 6) is 0.606. The first-order valence-electron chi connectivity index (χ1n) is 5.40. The van der Waals surface area contributed by atoms with Crippen LogP contribution in [0.25, 0.3) is 0 Å². The fourth-order valence-electron chi connectivity index (χ4n) is 1.38. The standard InChI is InChI=1S/C11H17N3O3/c1-4-8-5-10(13-7(2)12-8)14-9(6-15)11(16)17-3/h5,9,15H,4,6H2,1-3H3,(H,12,13,14). The number of hydrogen-bond donors (Lipinski definition) is 2. The Hall–Kier alpha value is -1.69. The molecule has 0 saturated carbocycles. The molecular formula is C11H17N3O3. The van der Waals surface area contributed by atoms with Crippen molar-refractivity contribution in [1.29, 1.82) is 0 Å². The number of aliphatic hydroxyl groups excluding tert-OH is 1. The number of ether oxygens (including phenoxy) is 1. The number of nitrogens with one attached hydrogen (secondary N) is 1. The normalized spacial score (nSPS) is 12.0. The summed E-state index contributed by atoms with van der Waals surface area (Å²) >= 11 is 0. The zero-order chi connectivity index (χ0) is 12.8. The van der Waals surface area contributed by atoms with Gasteiger partial charge in [0.2, 0.25) is 0 Å². The minimum atomic E-state index is -0.806. The first kappa shape index (κ1) is 13.4. The smallest absolute Gasteiger partial charge is 0.330 e. The second kappa shape index (κ2) is 6.15. The first-order valence-corrected chi connectivity index (χ1v) is 5.40. The number of aliphatic hydroxyl groups is 1. The monoisotopic (exact) mass is 239 g/mol. The lowest BCUT2D eigenvalue weighted by atomic mass is 10.3. The van der Waals surface area contributed by atoms with E-state index in [1.54, 1.807) is 13.0 Å². The minimum absolute atomic E-state index is 0.350. The molecule has 1 atom stereocenters. The average molecular weight is 239 g/mol. The lowest BCUT2D eigenvalue weighted by Crippen LogP contribution is -2.34. The van der Waals surface area contributed by atoms with Gasteiger partial charge in [-0.3, -0.25) is 0 Å². The molecule has 1 unspecified atom stereocenters. The van der Waals surface area contributed by atoms with Gasteiger partial charge in [0.1, 0.15) is 17.7 Å². The number of hydrogen-bond acceptors (Lipinski definition) is 6. The molecule has 1 rings (SSSR count). The van der Waals surface area contributed by atoms with Gasteiger partial charge in [-0.1, -0.05) is 6.92 Å². The van der Waals surface area contributed by atoms with Crippen molar-refractivity contribution < 1.29 is 14.6 Å². The molecule has 1 heterocycles. The fourth-order valence-corrected chi connectivity index (χ4v) is 1.38. The molecule has 0 radical (unpaired) electrons. The lowest BCUT2D eigenvalue weighted by Gasteiger charge is -2.15. The molecule has 0 aliphatic heterocycles. The molecule has 0 fully saturated rings. The molecule has 2 N–H and O–H groups in total. The van der Waals surface area contributed by atoms with Crippen molar-refractivity contribution in [2.24, 2.45) is 0 Å². The summed E-state index contributed by atoms with van der Waals surface area (Å²) in [5, 5.41) is 11.9. The summed E-state index contributed by atoms with van der Waals surface area (Å²) in [6.45, 7) is 3.41. The Kier molecular flexibility index (Phi) is 4.84. The third-order valence-electron chi connectivity index (χ3n) is 2.24. The van der Waals surface area contributed by atoms with Crippen LogP contribution in [0.15, 0.2) is 6.07 Å². The molecule has 6 nitrogen and oxygen atoms in total. The van der Waals surface area contributed by atoms with E-state index in [0.29, 0.717) is 11.6 Å². The molecular weight excluding hydrogens is 222 g/mol. The zero-order valence-corrected chi connectivity index (χ0v) is 10.2. The van der Waals surface area contributed by atoms with E-state index in [0.717, 1.165) is 12.1 Å². The van der Waals surface area contributed by atoms with Gasteiger partial charge < -0.3 is 15.2 Å². The van der Waals surface area contributed by atoms with Crippen LogP contribution in [0.4, 0.5) is 5.82 Å². The maximum Gasteiger partial charge on any atom is 0.330 e. The lowest BCUT2D eigenvalue weighted by molar-refractivity contribution is -0.142. The second-order valence-electron chi connectivity index (χ2n) is 3.55. The SMILES string of the molecule is CCc1cc(NC(CO)C(=O)OC)nc(C)n1. The first-order chi connectivity index (χ1) is 8.10. The fraction of sp³-hybridized carbons (Fsp3) is 0.545. The van der Waals surface area contributed by atoms with Gasteiger partial charge in [-0.2, -0.15) is 0 Å². The average Bonchev–Trinajstić information content (AvgIpc) is 2.34. The van der Waals surface area contributed by atoms with Crippen LogP contribution in [0.3, 0.4) is 0 Å². The van der Waals surface area contributed by atoms with Crippen LogP contribution in [0.5, 0.6) is 0 Å². The van der Waals surface area contributed by atoms with Gasteiger partial charge in [0.25, 0.3) is 0 Å². The Bertz CT molecular complexity index is 396. The summed E-state index contributed by atoms with van der Waals surface area (Å²) in [7, 11) is 1.27. The predicted octanol–water partition coefficient (Wildman–Crippen LogP) is 0.293. The van der Waals surface area contributed by atoms with Gasteiger partial charge in [-0.15, -0.1) is 0 Å². The van der Waals surface area contributed by atoms with E-state index in [1.165, 1.54) is 7.11 Å². The van der Waals surface area contributed by atoms with Crippen molar-refractivity contribution >= 4 is 11.8 Å². The maximum absolute atomic E-state index is 11.3. The topological polar surface area (TPSA) is 84.3 Å². The van der Waals surface area contributed by atoms with Gasteiger partial charge in [0, 0.05) is 11.8 Å². The van der Waals surface area contributed by atoms with Crippen molar-refractivity contribution in [3.8, 4) is 0 Å². The zero-order valence-electron chi connectivity index (χ0n) is 10.2. The number of rotatable bonds is 5. The Morgan fingerprint density at radius 3 is 2.82 bits per heavy atom. The third kappa shape index (κ3) is 3.67. The van der Waals surface area contributed by atoms with Crippen LogP contribution in [-0.4, -0.2) is 40.8 Å².